The Morgan fingerprint density at radius 1 is 1.35 bits per heavy atom. The molecule has 1 saturated heterocycles. The topological polar surface area (TPSA) is 59.0 Å². The van der Waals surface area contributed by atoms with Gasteiger partial charge in [-0.2, -0.15) is 0 Å². The van der Waals surface area contributed by atoms with E-state index in [2.05, 4.69) is 4.90 Å². The van der Waals surface area contributed by atoms with Gasteiger partial charge in [0, 0.05) is 26.2 Å². The van der Waals surface area contributed by atoms with Crippen molar-refractivity contribution >= 4 is 5.97 Å². The molecule has 5 heteroatoms. The molecule has 3 aliphatic rings. The van der Waals surface area contributed by atoms with Crippen LogP contribution in [0.25, 0.3) is 0 Å². The largest absolute Gasteiger partial charge is 0.492 e. The molecule has 4 rings (SSSR count). The molecule has 1 heterocycles. The Hall–Kier alpha value is -1.59. The predicted molar refractivity (Wildman–Crippen MR) is 84.8 cm³/mol. The lowest BCUT2D eigenvalue weighted by Crippen LogP contribution is -2.43. The molecule has 1 aliphatic heterocycles. The molecular weight excluding hydrogens is 294 g/mol. The third-order valence-electron chi connectivity index (χ3n) is 5.92. The molecule has 1 aromatic carbocycles. The first kappa shape index (κ1) is 15.0. The second-order valence-corrected chi connectivity index (χ2v) is 7.02. The fourth-order valence-electron chi connectivity index (χ4n) is 5.09. The molecule has 1 aromatic rings. The molecule has 3 fully saturated rings. The van der Waals surface area contributed by atoms with E-state index in [0.717, 1.165) is 30.8 Å². The molecule has 0 radical (unpaired) electrons. The van der Waals surface area contributed by atoms with Crippen LogP contribution < -0.4 is 4.74 Å². The molecule has 2 saturated carbocycles. The van der Waals surface area contributed by atoms with E-state index in [4.69, 9.17) is 14.6 Å². The van der Waals surface area contributed by atoms with Crippen molar-refractivity contribution < 1.29 is 19.4 Å². The summed E-state index contributed by atoms with van der Waals surface area (Å²) in [5, 5.41) is 9.02. The van der Waals surface area contributed by atoms with E-state index in [-0.39, 0.29) is 5.56 Å². The van der Waals surface area contributed by atoms with Crippen molar-refractivity contribution in [3.63, 3.8) is 0 Å². The lowest BCUT2D eigenvalue weighted by molar-refractivity contribution is 0.00825. The minimum atomic E-state index is -0.925. The zero-order valence-corrected chi connectivity index (χ0v) is 13.4. The Morgan fingerprint density at radius 3 is 3.00 bits per heavy atom. The number of ether oxygens (including phenoxy) is 2. The van der Waals surface area contributed by atoms with Gasteiger partial charge in [-0.3, -0.25) is 4.90 Å². The van der Waals surface area contributed by atoms with Gasteiger partial charge in [0.25, 0.3) is 0 Å². The van der Waals surface area contributed by atoms with E-state index in [1.54, 1.807) is 18.2 Å². The third-order valence-corrected chi connectivity index (χ3v) is 5.92. The highest BCUT2D eigenvalue weighted by Gasteiger charge is 2.59. The van der Waals surface area contributed by atoms with Gasteiger partial charge in [0.05, 0.1) is 11.7 Å². The number of rotatable bonds is 6. The first-order valence-corrected chi connectivity index (χ1v) is 8.40. The molecule has 23 heavy (non-hydrogen) atoms. The van der Waals surface area contributed by atoms with Crippen LogP contribution in [-0.4, -0.2) is 54.9 Å². The number of methoxy groups -OCH3 is 1. The smallest absolute Gasteiger partial charge is 0.335 e. The van der Waals surface area contributed by atoms with E-state index in [9.17, 15) is 4.79 Å². The van der Waals surface area contributed by atoms with E-state index in [1.165, 1.54) is 12.8 Å². The second-order valence-electron chi connectivity index (χ2n) is 7.02. The number of benzene rings is 1. The molecule has 5 atom stereocenters. The van der Waals surface area contributed by atoms with Gasteiger partial charge in [0.15, 0.2) is 0 Å². The van der Waals surface area contributed by atoms with Crippen molar-refractivity contribution in [2.24, 2.45) is 17.8 Å². The first-order valence-electron chi connectivity index (χ1n) is 8.40. The maximum absolute atomic E-state index is 11.0. The number of hydrogen-bond donors (Lipinski definition) is 1. The lowest BCUT2D eigenvalue weighted by atomic mass is 9.88. The number of carboxylic acids is 1. The summed E-state index contributed by atoms with van der Waals surface area (Å²) in [6, 6.07) is 7.24. The molecule has 0 spiro atoms. The number of hydrogen-bond acceptors (Lipinski definition) is 4. The summed E-state index contributed by atoms with van der Waals surface area (Å²) in [5.41, 5.74) is 0.264. The molecule has 2 aliphatic carbocycles. The molecular formula is C18H23NO4. The van der Waals surface area contributed by atoms with Crippen LogP contribution in [0.2, 0.25) is 0 Å². The van der Waals surface area contributed by atoms with Crippen molar-refractivity contribution in [2.45, 2.75) is 25.0 Å². The Balaban J connectivity index is 1.35. The Morgan fingerprint density at radius 2 is 2.22 bits per heavy atom. The summed E-state index contributed by atoms with van der Waals surface area (Å²) in [6.45, 7) is 2.62. The van der Waals surface area contributed by atoms with Crippen LogP contribution in [0, 0.1) is 17.8 Å². The highest BCUT2D eigenvalue weighted by atomic mass is 16.5. The third kappa shape index (κ3) is 2.52. The van der Waals surface area contributed by atoms with Crippen LogP contribution >= 0.6 is 0 Å². The summed E-state index contributed by atoms with van der Waals surface area (Å²) >= 11 is 0. The normalized spacial score (nSPS) is 34.9. The van der Waals surface area contributed by atoms with Gasteiger partial charge in [0.2, 0.25) is 0 Å². The summed E-state index contributed by atoms with van der Waals surface area (Å²) < 4.78 is 11.5. The van der Waals surface area contributed by atoms with Crippen molar-refractivity contribution in [3.8, 4) is 5.75 Å². The number of likely N-dealkylation sites (tertiary alicyclic amines) is 1. The zero-order chi connectivity index (χ0) is 16.0. The Bertz CT molecular complexity index is 602. The van der Waals surface area contributed by atoms with Gasteiger partial charge in [-0.05, 0) is 48.8 Å². The maximum atomic E-state index is 11.0. The number of nitrogens with zero attached hydrogens (tertiary/aromatic N) is 1. The van der Waals surface area contributed by atoms with Gasteiger partial charge in [-0.15, -0.1) is 0 Å². The average Bonchev–Trinajstić information content (AvgIpc) is 3.16. The second kappa shape index (κ2) is 5.80. The predicted octanol–water partition coefficient (Wildman–Crippen LogP) is 2.12. The summed E-state index contributed by atoms with van der Waals surface area (Å²) in [7, 11) is 1.84. The number of carbonyl (C=O) groups is 1. The van der Waals surface area contributed by atoms with Gasteiger partial charge >= 0.3 is 5.97 Å². The van der Waals surface area contributed by atoms with Crippen molar-refractivity contribution in [1.29, 1.82) is 0 Å². The monoisotopic (exact) mass is 317 g/mol. The minimum absolute atomic E-state index is 0.264. The average molecular weight is 317 g/mol. The van der Waals surface area contributed by atoms with Crippen molar-refractivity contribution in [1.82, 2.24) is 4.90 Å². The quantitative estimate of drug-likeness (QED) is 0.871. The molecule has 1 N–H and O–H groups in total. The zero-order valence-electron chi connectivity index (χ0n) is 13.4. The van der Waals surface area contributed by atoms with E-state index in [0.29, 0.717) is 24.5 Å². The molecule has 5 unspecified atom stereocenters. The van der Waals surface area contributed by atoms with Crippen LogP contribution in [0.4, 0.5) is 0 Å². The summed E-state index contributed by atoms with van der Waals surface area (Å²) in [5.74, 6) is 2.09. The first-order chi connectivity index (χ1) is 11.2. The van der Waals surface area contributed by atoms with Crippen LogP contribution in [-0.2, 0) is 4.74 Å². The van der Waals surface area contributed by atoms with Gasteiger partial charge in [-0.25, -0.2) is 4.79 Å². The SMILES string of the molecule is COC1C2CC3CN(CCOc4cccc(C(=O)O)c4)C1C3C2. The summed E-state index contributed by atoms with van der Waals surface area (Å²) in [4.78, 5) is 13.5. The molecule has 2 bridgehead atoms. The van der Waals surface area contributed by atoms with E-state index in [1.807, 2.05) is 13.2 Å². The van der Waals surface area contributed by atoms with Gasteiger partial charge < -0.3 is 14.6 Å². The highest BCUT2D eigenvalue weighted by Crippen LogP contribution is 2.55. The van der Waals surface area contributed by atoms with Crippen molar-refractivity contribution in [2.75, 3.05) is 26.8 Å². The molecule has 0 aromatic heterocycles. The van der Waals surface area contributed by atoms with E-state index < -0.39 is 5.97 Å². The fraction of sp³-hybridized carbons (Fsp3) is 0.611. The molecule has 124 valence electrons. The maximum Gasteiger partial charge on any atom is 0.335 e. The fourth-order valence-corrected chi connectivity index (χ4v) is 5.09. The lowest BCUT2D eigenvalue weighted by Gasteiger charge is -2.31. The van der Waals surface area contributed by atoms with E-state index >= 15 is 0 Å². The standard InChI is InChI=1S/C18H23NO4/c1-22-17-12-7-13-10-19(16(17)15(13)9-12)5-6-23-14-4-2-3-11(8-14)18(20)21/h2-4,8,12-13,15-17H,5-7,9-10H2,1H3,(H,20,21). The van der Waals surface area contributed by atoms with Gasteiger partial charge in [0.1, 0.15) is 12.4 Å². The minimum Gasteiger partial charge on any atom is -0.492 e. The number of fused-ring (bicyclic) bond motifs is 1. The van der Waals surface area contributed by atoms with Crippen LogP contribution in [0.5, 0.6) is 5.75 Å². The van der Waals surface area contributed by atoms with Gasteiger partial charge in [-0.1, -0.05) is 6.07 Å². The number of aromatic carboxylic acids is 1. The highest BCUT2D eigenvalue weighted by molar-refractivity contribution is 5.87. The molecule has 5 nitrogen and oxygen atoms in total. The summed E-state index contributed by atoms with van der Waals surface area (Å²) in [6.07, 6.45) is 3.03. The van der Waals surface area contributed by atoms with Crippen molar-refractivity contribution in [3.05, 3.63) is 29.8 Å². The molecule has 0 amide bonds. The Kier molecular flexibility index (Phi) is 3.77. The number of carboxylic acid groups (broad SMARTS) is 1. The van der Waals surface area contributed by atoms with Crippen LogP contribution in [0.15, 0.2) is 24.3 Å². The van der Waals surface area contributed by atoms with Crippen LogP contribution in [0.1, 0.15) is 23.2 Å². The Labute approximate surface area is 136 Å². The van der Waals surface area contributed by atoms with Crippen LogP contribution in [0.3, 0.4) is 0 Å².